The number of ether oxygens (including phenoxy) is 1. The Labute approximate surface area is 229 Å². The van der Waals surface area contributed by atoms with Crippen molar-refractivity contribution in [2.45, 2.75) is 32.3 Å². The summed E-state index contributed by atoms with van der Waals surface area (Å²) in [4.78, 5) is 36.2. The van der Waals surface area contributed by atoms with Gasteiger partial charge in [-0.2, -0.15) is 0 Å². The average molecular weight is 613 g/mol. The zero-order valence-corrected chi connectivity index (χ0v) is 22.4. The Balaban J connectivity index is 1.60. The second kappa shape index (κ2) is 13.4. The first-order valence-electron chi connectivity index (χ1n) is 11.6. The highest BCUT2D eigenvalue weighted by Gasteiger charge is 2.20. The van der Waals surface area contributed by atoms with Crippen LogP contribution in [0.4, 0.5) is 21.9 Å². The number of rotatable bonds is 10. The summed E-state index contributed by atoms with van der Waals surface area (Å²) in [6.07, 6.45) is 3.33. The van der Waals surface area contributed by atoms with Crippen LogP contribution in [0.3, 0.4) is 0 Å². The highest BCUT2D eigenvalue weighted by molar-refractivity contribution is 14.1. The van der Waals surface area contributed by atoms with Crippen LogP contribution in [-0.2, 0) is 9.53 Å². The SMILES string of the molecule is CC(=O)c1ccc(NC(=O)O[C@@H](CCC/C=C/C(=O)Nc2ccccc2N)c2cc(I)ccc2O)cc1. The van der Waals surface area contributed by atoms with Crippen LogP contribution in [0.2, 0.25) is 0 Å². The first-order valence-corrected chi connectivity index (χ1v) is 12.7. The normalized spacial score (nSPS) is 11.6. The zero-order chi connectivity index (χ0) is 26.8. The molecule has 3 rings (SSSR count). The third-order valence-electron chi connectivity index (χ3n) is 5.45. The summed E-state index contributed by atoms with van der Waals surface area (Å²) < 4.78 is 6.56. The fourth-order valence-corrected chi connectivity index (χ4v) is 4.04. The number of hydrogen-bond donors (Lipinski definition) is 4. The lowest BCUT2D eigenvalue weighted by atomic mass is 10.0. The molecule has 5 N–H and O–H groups in total. The molecule has 0 saturated heterocycles. The number of halogens is 1. The van der Waals surface area contributed by atoms with Gasteiger partial charge < -0.3 is 20.9 Å². The number of allylic oxidation sites excluding steroid dienone is 1. The Morgan fingerprint density at radius 1 is 1.05 bits per heavy atom. The number of para-hydroxylation sites is 2. The van der Waals surface area contributed by atoms with Gasteiger partial charge in [-0.25, -0.2) is 4.79 Å². The van der Waals surface area contributed by atoms with Crippen molar-refractivity contribution in [3.8, 4) is 5.75 Å². The highest BCUT2D eigenvalue weighted by Crippen LogP contribution is 2.32. The second-order valence-electron chi connectivity index (χ2n) is 8.27. The molecule has 0 heterocycles. The molecule has 0 saturated carbocycles. The minimum absolute atomic E-state index is 0.0272. The number of Topliss-reactive ketones (excluding diaryl/α,β-unsaturated/α-hetero) is 1. The number of carbonyl (C=O) groups is 3. The van der Waals surface area contributed by atoms with Crippen molar-refractivity contribution in [2.24, 2.45) is 0 Å². The van der Waals surface area contributed by atoms with Crippen molar-refractivity contribution in [2.75, 3.05) is 16.4 Å². The van der Waals surface area contributed by atoms with Crippen LogP contribution in [0, 0.1) is 3.57 Å². The van der Waals surface area contributed by atoms with Gasteiger partial charge in [0.15, 0.2) is 5.78 Å². The molecular formula is C28H28IN3O5. The quantitative estimate of drug-likeness (QED) is 0.0685. The van der Waals surface area contributed by atoms with Crippen LogP contribution in [0.5, 0.6) is 5.75 Å². The number of phenols is 1. The summed E-state index contributed by atoms with van der Waals surface area (Å²) in [7, 11) is 0. The molecule has 0 spiro atoms. The number of unbranched alkanes of at least 4 members (excludes halogenated alkanes) is 1. The standard InChI is InChI=1S/C28H28IN3O5/c1-18(33)19-11-14-21(15-12-19)31-28(36)37-26(22-17-20(29)13-16-25(22)34)9-3-2-4-10-27(35)32-24-8-6-5-7-23(24)30/h4-8,10-17,26,34H,2-3,9,30H2,1H3,(H,31,36)(H,32,35)/b10-4+/t26-/m0/s1. The molecule has 8 nitrogen and oxygen atoms in total. The molecule has 0 fully saturated rings. The fourth-order valence-electron chi connectivity index (χ4n) is 3.52. The Morgan fingerprint density at radius 3 is 2.49 bits per heavy atom. The lowest BCUT2D eigenvalue weighted by molar-refractivity contribution is -0.111. The molecule has 37 heavy (non-hydrogen) atoms. The molecule has 0 aromatic heterocycles. The maximum absolute atomic E-state index is 12.6. The van der Waals surface area contributed by atoms with Gasteiger partial charge in [0.25, 0.3) is 0 Å². The molecule has 3 aromatic rings. The van der Waals surface area contributed by atoms with Gasteiger partial charge in [-0.05, 0) is 109 Å². The predicted octanol–water partition coefficient (Wildman–Crippen LogP) is 6.44. The summed E-state index contributed by atoms with van der Waals surface area (Å²) in [5.41, 5.74) is 8.38. The lowest BCUT2D eigenvalue weighted by Gasteiger charge is -2.20. The molecule has 2 amide bonds. The van der Waals surface area contributed by atoms with Crippen molar-refractivity contribution in [1.29, 1.82) is 0 Å². The number of ketones is 1. The van der Waals surface area contributed by atoms with Gasteiger partial charge in [0.05, 0.1) is 11.4 Å². The molecule has 0 radical (unpaired) electrons. The van der Waals surface area contributed by atoms with E-state index in [0.717, 1.165) is 3.57 Å². The van der Waals surface area contributed by atoms with E-state index in [1.807, 2.05) is 0 Å². The highest BCUT2D eigenvalue weighted by atomic mass is 127. The van der Waals surface area contributed by atoms with Crippen LogP contribution in [0.1, 0.15) is 48.2 Å². The number of nitrogen functional groups attached to an aromatic ring is 1. The number of amides is 2. The van der Waals surface area contributed by atoms with Crippen molar-refractivity contribution in [3.63, 3.8) is 0 Å². The molecule has 0 aliphatic carbocycles. The van der Waals surface area contributed by atoms with Gasteiger partial charge >= 0.3 is 6.09 Å². The number of phenolic OH excluding ortho intramolecular Hbond substituents is 1. The molecule has 192 valence electrons. The molecule has 9 heteroatoms. The molecule has 0 aliphatic heterocycles. The molecular weight excluding hydrogens is 585 g/mol. The van der Waals surface area contributed by atoms with E-state index in [0.29, 0.717) is 47.5 Å². The molecule has 3 aromatic carbocycles. The van der Waals surface area contributed by atoms with Crippen LogP contribution < -0.4 is 16.4 Å². The van der Waals surface area contributed by atoms with Crippen LogP contribution in [0.15, 0.2) is 78.9 Å². The van der Waals surface area contributed by atoms with Gasteiger partial charge in [0.1, 0.15) is 11.9 Å². The van der Waals surface area contributed by atoms with Crippen molar-refractivity contribution < 1.29 is 24.2 Å². The first-order chi connectivity index (χ1) is 17.7. The number of anilines is 3. The Bertz CT molecular complexity index is 1290. The fraction of sp³-hybridized carbons (Fsp3) is 0.179. The minimum atomic E-state index is -0.711. The largest absolute Gasteiger partial charge is 0.508 e. The molecule has 0 aliphatic rings. The van der Waals surface area contributed by atoms with E-state index >= 15 is 0 Å². The number of hydrogen-bond acceptors (Lipinski definition) is 6. The summed E-state index contributed by atoms with van der Waals surface area (Å²) in [6, 6.07) is 18.6. The molecule has 1 atom stereocenters. The van der Waals surface area contributed by atoms with Crippen molar-refractivity contribution in [1.82, 2.24) is 0 Å². The maximum atomic E-state index is 12.6. The van der Waals surface area contributed by atoms with E-state index in [2.05, 4.69) is 33.2 Å². The number of carbonyl (C=O) groups excluding carboxylic acids is 3. The third kappa shape index (κ3) is 8.64. The number of aromatic hydroxyl groups is 1. The zero-order valence-electron chi connectivity index (χ0n) is 20.2. The molecule has 0 bridgehead atoms. The maximum Gasteiger partial charge on any atom is 0.412 e. The number of nitrogens with two attached hydrogens (primary N) is 1. The van der Waals surface area contributed by atoms with Gasteiger partial charge in [0, 0.05) is 20.4 Å². The van der Waals surface area contributed by atoms with Gasteiger partial charge in [-0.1, -0.05) is 18.2 Å². The monoisotopic (exact) mass is 613 g/mol. The van der Waals surface area contributed by atoms with Gasteiger partial charge in [-0.15, -0.1) is 0 Å². The Morgan fingerprint density at radius 2 is 1.78 bits per heavy atom. The minimum Gasteiger partial charge on any atom is -0.508 e. The van der Waals surface area contributed by atoms with Crippen molar-refractivity contribution >= 4 is 57.4 Å². The van der Waals surface area contributed by atoms with Crippen LogP contribution >= 0.6 is 22.6 Å². The summed E-state index contributed by atoms with van der Waals surface area (Å²) in [5.74, 6) is -0.338. The van der Waals surface area contributed by atoms with Crippen molar-refractivity contribution in [3.05, 3.63) is 93.6 Å². The van der Waals surface area contributed by atoms with Gasteiger partial charge in [-0.3, -0.25) is 14.9 Å². The summed E-state index contributed by atoms with van der Waals surface area (Å²) >= 11 is 2.13. The van der Waals surface area contributed by atoms with E-state index < -0.39 is 12.2 Å². The lowest BCUT2D eigenvalue weighted by Crippen LogP contribution is -2.18. The van der Waals surface area contributed by atoms with E-state index in [4.69, 9.17) is 10.5 Å². The van der Waals surface area contributed by atoms with Crippen LogP contribution in [0.25, 0.3) is 0 Å². The van der Waals surface area contributed by atoms with E-state index in [-0.39, 0.29) is 17.4 Å². The Hall–Kier alpha value is -3.86. The number of nitrogens with one attached hydrogen (secondary N) is 2. The van der Waals surface area contributed by atoms with E-state index in [1.54, 1.807) is 72.8 Å². The third-order valence-corrected chi connectivity index (χ3v) is 6.12. The summed E-state index contributed by atoms with van der Waals surface area (Å²) in [6.45, 7) is 1.47. The smallest absolute Gasteiger partial charge is 0.412 e. The number of benzene rings is 3. The Kier molecular flexibility index (Phi) is 10.1. The van der Waals surface area contributed by atoms with Crippen LogP contribution in [-0.4, -0.2) is 22.9 Å². The van der Waals surface area contributed by atoms with Gasteiger partial charge in [0.2, 0.25) is 5.91 Å². The first kappa shape index (κ1) is 27.7. The van der Waals surface area contributed by atoms with E-state index in [1.165, 1.54) is 13.0 Å². The second-order valence-corrected chi connectivity index (χ2v) is 9.51. The predicted molar refractivity (Wildman–Crippen MR) is 153 cm³/mol. The van der Waals surface area contributed by atoms with E-state index in [9.17, 15) is 19.5 Å². The topological polar surface area (TPSA) is 131 Å². The summed E-state index contributed by atoms with van der Waals surface area (Å²) in [5, 5.41) is 15.8. The molecule has 0 unspecified atom stereocenters. The average Bonchev–Trinajstić information content (AvgIpc) is 2.86.